The molecule has 2 fully saturated rings. The maximum Gasteiger partial charge on any atom is 0.324 e. The van der Waals surface area contributed by atoms with Crippen molar-refractivity contribution in [3.05, 3.63) is 0 Å². The Labute approximate surface area is 76.0 Å². The quantitative estimate of drug-likeness (QED) is 0.527. The molecule has 5 nitrogen and oxygen atoms in total. The summed E-state index contributed by atoms with van der Waals surface area (Å²) in [7, 11) is 1.50. The van der Waals surface area contributed by atoms with E-state index >= 15 is 0 Å². The number of nitrogens with zero attached hydrogens (tertiary/aromatic N) is 1. The first kappa shape index (κ1) is 8.50. The molecule has 0 unspecified atom stereocenters. The van der Waals surface area contributed by atoms with Gasteiger partial charge in [-0.05, 0) is 0 Å². The largest absolute Gasteiger partial charge is 0.381 e. The molecule has 0 aromatic carbocycles. The van der Waals surface area contributed by atoms with Crippen LogP contribution in [-0.2, 0) is 9.53 Å². The van der Waals surface area contributed by atoms with Crippen LogP contribution in [-0.4, -0.2) is 42.6 Å². The van der Waals surface area contributed by atoms with E-state index in [2.05, 4.69) is 5.32 Å². The van der Waals surface area contributed by atoms with Crippen LogP contribution in [0.15, 0.2) is 0 Å². The summed E-state index contributed by atoms with van der Waals surface area (Å²) in [6.45, 7) is 1.08. The van der Waals surface area contributed by atoms with E-state index in [1.54, 1.807) is 0 Å². The lowest BCUT2D eigenvalue weighted by molar-refractivity contribution is -0.133. The normalized spacial score (nSPS) is 26.7. The Morgan fingerprint density at radius 1 is 1.38 bits per heavy atom. The smallest absolute Gasteiger partial charge is 0.324 e. The van der Waals surface area contributed by atoms with Gasteiger partial charge in [-0.15, -0.1) is 0 Å². The zero-order valence-corrected chi connectivity index (χ0v) is 7.50. The van der Waals surface area contributed by atoms with Gasteiger partial charge in [0.15, 0.2) is 0 Å². The Hall–Kier alpha value is -1.10. The fourth-order valence-corrected chi connectivity index (χ4v) is 1.81. The topological polar surface area (TPSA) is 58.6 Å². The first-order valence-corrected chi connectivity index (χ1v) is 4.34. The number of likely N-dealkylation sites (N-methyl/N-ethyl adjacent to an activating group) is 1. The summed E-state index contributed by atoms with van der Waals surface area (Å²) in [5.41, 5.74) is -0.663. The van der Waals surface area contributed by atoms with Gasteiger partial charge in [-0.25, -0.2) is 4.79 Å². The van der Waals surface area contributed by atoms with E-state index in [4.69, 9.17) is 4.74 Å². The van der Waals surface area contributed by atoms with E-state index in [9.17, 15) is 9.59 Å². The van der Waals surface area contributed by atoms with E-state index in [1.165, 1.54) is 7.05 Å². The van der Waals surface area contributed by atoms with Gasteiger partial charge < -0.3 is 10.1 Å². The fourth-order valence-electron chi connectivity index (χ4n) is 1.81. The van der Waals surface area contributed by atoms with Crippen molar-refractivity contribution in [3.8, 4) is 0 Å². The van der Waals surface area contributed by atoms with Crippen molar-refractivity contribution in [2.45, 2.75) is 18.4 Å². The average Bonchev–Trinajstić information content (AvgIpc) is 2.33. The number of imide groups is 1. The van der Waals surface area contributed by atoms with Gasteiger partial charge in [0.25, 0.3) is 5.91 Å². The summed E-state index contributed by atoms with van der Waals surface area (Å²) >= 11 is 0. The van der Waals surface area contributed by atoms with E-state index in [0.717, 1.165) is 4.90 Å². The third kappa shape index (κ3) is 1.11. The minimum absolute atomic E-state index is 0.124. The highest BCUT2D eigenvalue weighted by Crippen LogP contribution is 2.27. The molecule has 2 rings (SSSR count). The fraction of sp³-hybridized carbons (Fsp3) is 0.750. The van der Waals surface area contributed by atoms with Gasteiger partial charge in [-0.3, -0.25) is 9.69 Å². The molecule has 3 amide bonds. The summed E-state index contributed by atoms with van der Waals surface area (Å²) in [6, 6.07) is -0.299. The lowest BCUT2D eigenvalue weighted by Gasteiger charge is -2.30. The number of carbonyl (C=O) groups excluding carboxylic acids is 2. The Bertz CT molecular complexity index is 258. The van der Waals surface area contributed by atoms with Gasteiger partial charge in [-0.2, -0.15) is 0 Å². The first-order valence-electron chi connectivity index (χ1n) is 4.34. The minimum atomic E-state index is -0.663. The molecular formula is C8H12N2O3. The molecule has 5 heteroatoms. The third-order valence-electron chi connectivity index (χ3n) is 2.71. The Morgan fingerprint density at radius 3 is 2.46 bits per heavy atom. The molecule has 2 aliphatic rings. The molecule has 0 atom stereocenters. The summed E-state index contributed by atoms with van der Waals surface area (Å²) < 4.78 is 5.15. The molecule has 0 aromatic rings. The van der Waals surface area contributed by atoms with Crippen molar-refractivity contribution in [1.29, 1.82) is 0 Å². The third-order valence-corrected chi connectivity index (χ3v) is 2.71. The first-order chi connectivity index (χ1) is 6.16. The summed E-state index contributed by atoms with van der Waals surface area (Å²) in [5.74, 6) is -0.124. The van der Waals surface area contributed by atoms with Crippen molar-refractivity contribution < 1.29 is 14.3 Å². The number of carbonyl (C=O) groups is 2. The second-order valence-electron chi connectivity index (χ2n) is 3.49. The molecule has 0 saturated carbocycles. The number of ether oxygens (including phenoxy) is 1. The van der Waals surface area contributed by atoms with Crippen LogP contribution >= 0.6 is 0 Å². The van der Waals surface area contributed by atoms with Gasteiger partial charge in [0.2, 0.25) is 0 Å². The van der Waals surface area contributed by atoms with Crippen LogP contribution < -0.4 is 5.32 Å². The number of urea groups is 1. The van der Waals surface area contributed by atoms with E-state index in [1.807, 2.05) is 0 Å². The Morgan fingerprint density at radius 2 is 2.00 bits per heavy atom. The highest BCUT2D eigenvalue weighted by molar-refractivity contribution is 6.06. The Balaban J connectivity index is 2.23. The van der Waals surface area contributed by atoms with Gasteiger partial charge in [0.1, 0.15) is 5.54 Å². The summed E-state index contributed by atoms with van der Waals surface area (Å²) in [5, 5.41) is 2.73. The number of amides is 3. The predicted octanol–water partition coefficient (Wildman–Crippen LogP) is -0.283. The van der Waals surface area contributed by atoms with Crippen molar-refractivity contribution >= 4 is 11.9 Å². The van der Waals surface area contributed by atoms with Crippen LogP contribution in [0, 0.1) is 0 Å². The minimum Gasteiger partial charge on any atom is -0.381 e. The molecule has 13 heavy (non-hydrogen) atoms. The van der Waals surface area contributed by atoms with Crippen LogP contribution in [0.1, 0.15) is 12.8 Å². The molecule has 1 N–H and O–H groups in total. The van der Waals surface area contributed by atoms with E-state index in [0.29, 0.717) is 26.1 Å². The van der Waals surface area contributed by atoms with Gasteiger partial charge in [0.05, 0.1) is 0 Å². The lowest BCUT2D eigenvalue weighted by Crippen LogP contribution is -2.50. The van der Waals surface area contributed by atoms with Crippen LogP contribution in [0.4, 0.5) is 4.79 Å². The zero-order chi connectivity index (χ0) is 9.47. The van der Waals surface area contributed by atoms with Crippen LogP contribution in [0.25, 0.3) is 0 Å². The molecule has 0 radical (unpaired) electrons. The van der Waals surface area contributed by atoms with Crippen molar-refractivity contribution in [2.24, 2.45) is 0 Å². The van der Waals surface area contributed by atoms with Crippen LogP contribution in [0.3, 0.4) is 0 Å². The predicted molar refractivity (Wildman–Crippen MR) is 44.1 cm³/mol. The molecule has 2 heterocycles. The zero-order valence-electron chi connectivity index (χ0n) is 7.50. The summed E-state index contributed by atoms with van der Waals surface area (Å²) in [4.78, 5) is 24.0. The molecule has 0 aromatic heterocycles. The van der Waals surface area contributed by atoms with E-state index < -0.39 is 5.54 Å². The number of hydrogen-bond acceptors (Lipinski definition) is 3. The Kier molecular flexibility index (Phi) is 1.76. The highest BCUT2D eigenvalue weighted by Gasteiger charge is 2.50. The second-order valence-corrected chi connectivity index (χ2v) is 3.49. The van der Waals surface area contributed by atoms with Gasteiger partial charge in [0, 0.05) is 33.1 Å². The average molecular weight is 184 g/mol. The SMILES string of the molecule is CN1C(=O)NC2(CCOCC2)C1=O. The maximum absolute atomic E-state index is 11.7. The molecular weight excluding hydrogens is 172 g/mol. The van der Waals surface area contributed by atoms with Gasteiger partial charge in [-0.1, -0.05) is 0 Å². The molecule has 1 spiro atoms. The molecule has 72 valence electrons. The van der Waals surface area contributed by atoms with Crippen LogP contribution in [0.5, 0.6) is 0 Å². The van der Waals surface area contributed by atoms with Crippen molar-refractivity contribution in [2.75, 3.05) is 20.3 Å². The number of nitrogens with one attached hydrogen (secondary N) is 1. The maximum atomic E-state index is 11.7. The van der Waals surface area contributed by atoms with E-state index in [-0.39, 0.29) is 11.9 Å². The highest BCUT2D eigenvalue weighted by atomic mass is 16.5. The molecule has 2 saturated heterocycles. The summed E-state index contributed by atoms with van der Waals surface area (Å²) in [6.07, 6.45) is 1.17. The monoisotopic (exact) mass is 184 g/mol. The molecule has 0 bridgehead atoms. The van der Waals surface area contributed by atoms with Gasteiger partial charge >= 0.3 is 6.03 Å². The number of rotatable bonds is 0. The van der Waals surface area contributed by atoms with Crippen LogP contribution in [0.2, 0.25) is 0 Å². The molecule has 2 aliphatic heterocycles. The molecule has 0 aliphatic carbocycles. The second kappa shape index (κ2) is 2.70. The van der Waals surface area contributed by atoms with Crippen molar-refractivity contribution in [3.63, 3.8) is 0 Å². The van der Waals surface area contributed by atoms with Crippen molar-refractivity contribution in [1.82, 2.24) is 10.2 Å². The number of hydrogen-bond donors (Lipinski definition) is 1. The lowest BCUT2D eigenvalue weighted by atomic mass is 9.90. The standard InChI is InChI=1S/C8H12N2O3/c1-10-6(11)8(9-7(10)12)2-4-13-5-3-8/h2-5H2,1H3,(H,9,12).